The molecule has 1 aliphatic carbocycles. The van der Waals surface area contributed by atoms with Gasteiger partial charge in [0.25, 0.3) is 0 Å². The highest BCUT2D eigenvalue weighted by atomic mass is 32.2. The Balaban J connectivity index is 0.000000628. The Labute approximate surface area is 185 Å². The summed E-state index contributed by atoms with van der Waals surface area (Å²) in [4.78, 5) is 39.5. The van der Waals surface area contributed by atoms with Gasteiger partial charge in [0.05, 0.1) is 30.0 Å². The number of nitrogens with zero attached hydrogens (tertiary/aromatic N) is 2. The van der Waals surface area contributed by atoms with Crippen LogP contribution in [0.2, 0.25) is 0 Å². The molecule has 4 aliphatic rings. The quantitative estimate of drug-likeness (QED) is 0.228. The SMILES string of the molecule is CCSCCNC1=C(C)C(=O)C2=C(C1=O)C(CO)C1(OC)C3C(CN21)N3C.NC(=O)O. The number of thioether (sulfide) groups is 1. The number of allylic oxidation sites excluding steroid dienone is 2. The smallest absolute Gasteiger partial charge is 0.402 e. The molecule has 0 aromatic heterocycles. The number of ketones is 2. The van der Waals surface area contributed by atoms with Crippen molar-refractivity contribution in [1.29, 1.82) is 0 Å². The third kappa shape index (κ3) is 3.53. The molecule has 5 unspecified atom stereocenters. The van der Waals surface area contributed by atoms with Crippen molar-refractivity contribution >= 4 is 29.4 Å². The van der Waals surface area contributed by atoms with Gasteiger partial charge in [-0.15, -0.1) is 0 Å². The first-order valence-electron chi connectivity index (χ1n) is 10.2. The lowest BCUT2D eigenvalue weighted by Gasteiger charge is -2.40. The number of amides is 1. The second-order valence-electron chi connectivity index (χ2n) is 7.86. The molecule has 5 atom stereocenters. The number of rotatable bonds is 7. The molecule has 31 heavy (non-hydrogen) atoms. The lowest BCUT2D eigenvalue weighted by atomic mass is 9.82. The summed E-state index contributed by atoms with van der Waals surface area (Å²) in [6.07, 6.45) is -1.33. The van der Waals surface area contributed by atoms with Crippen molar-refractivity contribution in [1.82, 2.24) is 15.1 Å². The molecule has 0 spiro atoms. The minimum atomic E-state index is -1.33. The lowest BCUT2D eigenvalue weighted by molar-refractivity contribution is -0.144. The Hall–Kier alpha value is -2.08. The van der Waals surface area contributed by atoms with Crippen molar-refractivity contribution < 1.29 is 29.3 Å². The van der Waals surface area contributed by atoms with Gasteiger partial charge in [0.2, 0.25) is 11.6 Å². The Morgan fingerprint density at radius 1 is 1.39 bits per heavy atom. The molecule has 172 valence electrons. The van der Waals surface area contributed by atoms with Crippen molar-refractivity contribution in [3.63, 3.8) is 0 Å². The standard InChI is InChI=1S/C19H27N3O4S.CH3NO2/c1-5-27-7-6-20-14-10(2)16(24)15-13(17(14)25)11(9-23)19(26-4)18-12(21(18)3)8-22(15)19;2-1(3)4/h11-12,18,20,23H,5-9H2,1-4H3;2H2,(H,3,4). The molecule has 2 saturated heterocycles. The fraction of sp³-hybridized carbons (Fsp3) is 0.650. The van der Waals surface area contributed by atoms with Crippen molar-refractivity contribution in [2.75, 3.05) is 45.4 Å². The molecular weight excluding hydrogens is 424 g/mol. The van der Waals surface area contributed by atoms with Gasteiger partial charge in [0.15, 0.2) is 5.72 Å². The van der Waals surface area contributed by atoms with Crippen LogP contribution in [0.4, 0.5) is 4.79 Å². The number of aliphatic hydroxyl groups excluding tert-OH is 1. The zero-order chi connectivity index (χ0) is 23.1. The number of nitrogens with one attached hydrogen (secondary N) is 1. The minimum Gasteiger partial charge on any atom is -0.465 e. The molecule has 3 aliphatic heterocycles. The van der Waals surface area contributed by atoms with Gasteiger partial charge in [-0.1, -0.05) is 6.92 Å². The van der Waals surface area contributed by atoms with Crippen molar-refractivity contribution in [2.24, 2.45) is 11.7 Å². The molecular formula is C20H30N4O6S. The Morgan fingerprint density at radius 2 is 2.03 bits per heavy atom. The highest BCUT2D eigenvalue weighted by Gasteiger charge is 2.75. The molecule has 0 bridgehead atoms. The molecule has 5 N–H and O–H groups in total. The van der Waals surface area contributed by atoms with E-state index in [2.05, 4.69) is 22.9 Å². The van der Waals surface area contributed by atoms with E-state index in [9.17, 15) is 14.7 Å². The number of Topliss-reactive ketones (excluding diaryl/α,β-unsaturated/α-hetero) is 2. The third-order valence-corrected chi connectivity index (χ3v) is 7.39. The third-order valence-electron chi connectivity index (χ3n) is 6.49. The summed E-state index contributed by atoms with van der Waals surface area (Å²) in [5.41, 5.74) is 4.88. The van der Waals surface area contributed by atoms with Crippen molar-refractivity contribution in [3.05, 3.63) is 22.5 Å². The van der Waals surface area contributed by atoms with Gasteiger partial charge < -0.3 is 30.9 Å². The maximum absolute atomic E-state index is 13.3. The van der Waals surface area contributed by atoms with E-state index in [0.29, 0.717) is 41.7 Å². The van der Waals surface area contributed by atoms with Crippen LogP contribution in [-0.4, -0.2) is 101 Å². The summed E-state index contributed by atoms with van der Waals surface area (Å²) in [6, 6.07) is 0.384. The molecule has 1 amide bonds. The number of carbonyl (C=O) groups excluding carboxylic acids is 2. The number of carbonyl (C=O) groups is 3. The van der Waals surface area contributed by atoms with E-state index in [1.807, 2.05) is 11.9 Å². The van der Waals surface area contributed by atoms with Crippen LogP contribution in [0.3, 0.4) is 0 Å². The van der Waals surface area contributed by atoms with E-state index in [1.54, 1.807) is 25.8 Å². The monoisotopic (exact) mass is 454 g/mol. The molecule has 2 fully saturated rings. The fourth-order valence-corrected chi connectivity index (χ4v) is 5.71. The van der Waals surface area contributed by atoms with Crippen molar-refractivity contribution in [2.45, 2.75) is 31.7 Å². The topological polar surface area (TPSA) is 145 Å². The fourth-order valence-electron chi connectivity index (χ4n) is 5.17. The summed E-state index contributed by atoms with van der Waals surface area (Å²) in [7, 11) is 3.63. The van der Waals surface area contributed by atoms with Crippen LogP contribution in [0.1, 0.15) is 13.8 Å². The number of carboxylic acid groups (broad SMARTS) is 1. The number of aliphatic hydroxyl groups is 1. The molecule has 0 radical (unpaired) electrons. The van der Waals surface area contributed by atoms with Crippen LogP contribution in [0.15, 0.2) is 22.5 Å². The van der Waals surface area contributed by atoms with E-state index in [0.717, 1.165) is 11.5 Å². The molecule has 0 aromatic rings. The first-order chi connectivity index (χ1) is 14.7. The molecule has 4 rings (SSSR count). The minimum absolute atomic E-state index is 0.0866. The van der Waals surface area contributed by atoms with E-state index >= 15 is 0 Å². The number of piperazine rings is 1. The molecule has 11 heteroatoms. The summed E-state index contributed by atoms with van der Waals surface area (Å²) in [5, 5.41) is 20.6. The number of ether oxygens (including phenoxy) is 1. The van der Waals surface area contributed by atoms with E-state index < -0.39 is 17.7 Å². The Bertz CT molecular complexity index is 855. The number of likely N-dealkylation sites (N-methyl/N-ethyl adjacent to an activating group) is 1. The van der Waals surface area contributed by atoms with Crippen LogP contribution in [-0.2, 0) is 14.3 Å². The number of hydrogen-bond acceptors (Lipinski definition) is 9. The predicted molar refractivity (Wildman–Crippen MR) is 115 cm³/mol. The maximum atomic E-state index is 13.3. The number of primary amides is 1. The van der Waals surface area contributed by atoms with Gasteiger partial charge in [-0.05, 0) is 19.7 Å². The highest BCUT2D eigenvalue weighted by Crippen LogP contribution is 2.58. The van der Waals surface area contributed by atoms with Gasteiger partial charge >= 0.3 is 6.09 Å². The zero-order valence-electron chi connectivity index (χ0n) is 18.2. The normalized spacial score (nSPS) is 33.0. The first kappa shape index (κ1) is 23.6. The summed E-state index contributed by atoms with van der Waals surface area (Å²) < 4.78 is 5.96. The molecule has 0 saturated carbocycles. The van der Waals surface area contributed by atoms with E-state index in [4.69, 9.17) is 14.6 Å². The van der Waals surface area contributed by atoms with Gasteiger partial charge in [-0.2, -0.15) is 11.8 Å². The highest BCUT2D eigenvalue weighted by molar-refractivity contribution is 7.99. The lowest BCUT2D eigenvalue weighted by Crippen LogP contribution is -2.55. The largest absolute Gasteiger partial charge is 0.465 e. The predicted octanol–water partition coefficient (Wildman–Crippen LogP) is -0.405. The number of nitrogens with two attached hydrogens (primary N) is 1. The van der Waals surface area contributed by atoms with Crippen LogP contribution < -0.4 is 11.1 Å². The number of methoxy groups -OCH3 is 1. The average Bonchev–Trinajstić information content (AvgIpc) is 3.10. The van der Waals surface area contributed by atoms with Gasteiger partial charge in [0, 0.05) is 43.1 Å². The van der Waals surface area contributed by atoms with E-state index in [1.165, 1.54) is 0 Å². The van der Waals surface area contributed by atoms with Crippen LogP contribution in [0.25, 0.3) is 0 Å². The summed E-state index contributed by atoms with van der Waals surface area (Å²) in [5.74, 6) is 1.05. The van der Waals surface area contributed by atoms with Crippen molar-refractivity contribution in [3.8, 4) is 0 Å². The molecule has 3 heterocycles. The second kappa shape index (κ2) is 8.81. The number of hydrogen-bond donors (Lipinski definition) is 4. The summed E-state index contributed by atoms with van der Waals surface area (Å²) in [6.45, 7) is 4.85. The second-order valence-corrected chi connectivity index (χ2v) is 9.26. The maximum Gasteiger partial charge on any atom is 0.402 e. The molecule has 10 nitrogen and oxygen atoms in total. The first-order valence-corrected chi connectivity index (χ1v) is 11.3. The average molecular weight is 455 g/mol. The zero-order valence-corrected chi connectivity index (χ0v) is 19.0. The van der Waals surface area contributed by atoms with Crippen LogP contribution in [0.5, 0.6) is 0 Å². The van der Waals surface area contributed by atoms with Gasteiger partial charge in [-0.3, -0.25) is 14.5 Å². The number of fused-ring (bicyclic) bond motifs is 4. The summed E-state index contributed by atoms with van der Waals surface area (Å²) >= 11 is 1.78. The Morgan fingerprint density at radius 3 is 2.58 bits per heavy atom. The van der Waals surface area contributed by atoms with Gasteiger partial charge in [0.1, 0.15) is 0 Å². The van der Waals surface area contributed by atoms with E-state index in [-0.39, 0.29) is 24.2 Å². The van der Waals surface area contributed by atoms with Crippen LogP contribution in [0, 0.1) is 5.92 Å². The van der Waals surface area contributed by atoms with Gasteiger partial charge in [-0.25, -0.2) is 4.79 Å². The Kier molecular flexibility index (Phi) is 6.70. The molecule has 0 aromatic carbocycles. The van der Waals surface area contributed by atoms with Crippen LogP contribution >= 0.6 is 11.8 Å².